The highest BCUT2D eigenvalue weighted by Crippen LogP contribution is 2.35. The Bertz CT molecular complexity index is 1100. The number of aromatic nitrogens is 3. The Balaban J connectivity index is 1.57. The lowest BCUT2D eigenvalue weighted by molar-refractivity contribution is -0.139. The minimum absolute atomic E-state index is 0.0752. The molecule has 0 aliphatic rings. The van der Waals surface area contributed by atoms with E-state index in [1.54, 1.807) is 13.8 Å². The van der Waals surface area contributed by atoms with Crippen molar-refractivity contribution in [3.8, 4) is 11.3 Å². The number of halogens is 4. The summed E-state index contributed by atoms with van der Waals surface area (Å²) >= 11 is 2.55. The molecule has 0 amide bonds. The van der Waals surface area contributed by atoms with Gasteiger partial charge in [-0.1, -0.05) is 11.8 Å². The molecule has 32 heavy (non-hydrogen) atoms. The van der Waals surface area contributed by atoms with Gasteiger partial charge in [-0.25, -0.2) is 14.4 Å². The van der Waals surface area contributed by atoms with Gasteiger partial charge < -0.3 is 10.4 Å². The monoisotopic (exact) mass is 486 g/mol. The van der Waals surface area contributed by atoms with Gasteiger partial charge in [0.25, 0.3) is 0 Å². The van der Waals surface area contributed by atoms with Crippen LogP contribution in [-0.4, -0.2) is 37.3 Å². The number of carboxylic acids is 1. The van der Waals surface area contributed by atoms with Crippen LogP contribution in [0.3, 0.4) is 0 Å². The van der Waals surface area contributed by atoms with Gasteiger partial charge in [-0.05, 0) is 32.0 Å². The smallest absolute Gasteiger partial charge is 0.416 e. The fourth-order valence-electron chi connectivity index (χ4n) is 2.49. The molecular formula is C20H18F4N4O2S2. The van der Waals surface area contributed by atoms with Gasteiger partial charge in [-0.15, -0.1) is 11.3 Å². The minimum atomic E-state index is -4.62. The summed E-state index contributed by atoms with van der Waals surface area (Å²) in [4.78, 5) is 23.8. The van der Waals surface area contributed by atoms with E-state index in [9.17, 15) is 27.5 Å². The maximum absolute atomic E-state index is 14.1. The van der Waals surface area contributed by atoms with Crippen LogP contribution in [0.4, 0.5) is 23.4 Å². The van der Waals surface area contributed by atoms with Gasteiger partial charge in [0.05, 0.1) is 29.3 Å². The number of benzene rings is 1. The molecule has 0 saturated carbocycles. The maximum Gasteiger partial charge on any atom is 0.416 e. The summed E-state index contributed by atoms with van der Waals surface area (Å²) in [6, 6.07) is 2.25. The lowest BCUT2D eigenvalue weighted by atomic mass is 10.1. The molecule has 2 aromatic heterocycles. The van der Waals surface area contributed by atoms with Crippen LogP contribution >= 0.6 is 23.1 Å². The Morgan fingerprint density at radius 2 is 1.97 bits per heavy atom. The first-order chi connectivity index (χ1) is 15.0. The quantitative estimate of drug-likeness (QED) is 0.327. The summed E-state index contributed by atoms with van der Waals surface area (Å²) in [6.07, 6.45) is -1.42. The molecule has 0 aliphatic carbocycles. The molecule has 12 heteroatoms. The summed E-state index contributed by atoms with van der Waals surface area (Å²) in [6.45, 7) is 3.70. The third kappa shape index (κ3) is 5.94. The van der Waals surface area contributed by atoms with Crippen molar-refractivity contribution >= 4 is 34.9 Å². The Hall–Kier alpha value is -2.73. The van der Waals surface area contributed by atoms with Crippen LogP contribution in [0.2, 0.25) is 0 Å². The van der Waals surface area contributed by atoms with Crippen molar-refractivity contribution in [1.29, 1.82) is 0 Å². The Morgan fingerprint density at radius 3 is 2.56 bits per heavy atom. The molecule has 0 radical (unpaired) electrons. The second-order valence-electron chi connectivity index (χ2n) is 7.18. The summed E-state index contributed by atoms with van der Waals surface area (Å²) < 4.78 is 51.8. The zero-order valence-corrected chi connectivity index (χ0v) is 18.5. The number of carbonyl (C=O) groups is 1. The number of aliphatic carboxylic acids is 1. The Kier molecular flexibility index (Phi) is 7.03. The normalized spacial score (nSPS) is 12.1. The predicted molar refractivity (Wildman–Crippen MR) is 114 cm³/mol. The summed E-state index contributed by atoms with van der Waals surface area (Å²) in [5, 5.41) is 14.1. The van der Waals surface area contributed by atoms with E-state index in [1.165, 1.54) is 35.5 Å². The van der Waals surface area contributed by atoms with Gasteiger partial charge in [0, 0.05) is 23.9 Å². The number of thiazole rings is 1. The fourth-order valence-corrected chi connectivity index (χ4v) is 4.71. The molecule has 0 unspecified atom stereocenters. The average Bonchev–Trinajstić information content (AvgIpc) is 3.14. The van der Waals surface area contributed by atoms with E-state index in [-0.39, 0.29) is 11.3 Å². The van der Waals surface area contributed by atoms with Crippen LogP contribution in [0.1, 0.15) is 25.1 Å². The zero-order chi connectivity index (χ0) is 23.5. The first kappa shape index (κ1) is 23.9. The molecule has 0 aliphatic heterocycles. The third-order valence-corrected chi connectivity index (χ3v) is 6.47. The van der Waals surface area contributed by atoms with Gasteiger partial charge in [-0.2, -0.15) is 13.2 Å². The lowest BCUT2D eigenvalue weighted by Crippen LogP contribution is -2.26. The first-order valence-electron chi connectivity index (χ1n) is 9.25. The van der Waals surface area contributed by atoms with Gasteiger partial charge in [0.1, 0.15) is 16.4 Å². The third-order valence-electron chi connectivity index (χ3n) is 4.30. The van der Waals surface area contributed by atoms with Crippen molar-refractivity contribution in [2.75, 3.05) is 11.9 Å². The van der Waals surface area contributed by atoms with Crippen molar-refractivity contribution < 1.29 is 27.5 Å². The SMILES string of the molecule is CC(C)(Sc1nc(CCNc2cnc(-c3ccc(C(F)(F)F)cc3F)cn2)cs1)C(=O)O. The first-order valence-corrected chi connectivity index (χ1v) is 10.9. The molecule has 1 aromatic carbocycles. The second-order valence-corrected chi connectivity index (χ2v) is 9.91. The molecule has 0 spiro atoms. The molecule has 2 N–H and O–H groups in total. The molecule has 0 fully saturated rings. The van der Waals surface area contributed by atoms with Crippen molar-refractivity contribution in [3.05, 3.63) is 53.0 Å². The number of carboxylic acid groups (broad SMARTS) is 1. The molecule has 3 rings (SSSR count). The van der Waals surface area contributed by atoms with Crippen LogP contribution in [0.25, 0.3) is 11.3 Å². The standard InChI is InChI=1S/C20H18F4N4O2S2/c1-19(2,17(29)30)32-18-28-12(10-31-18)5-6-25-16-9-26-15(8-27-16)13-4-3-11(7-14(13)21)20(22,23)24/h3-4,7-10H,5-6H2,1-2H3,(H,25,27)(H,29,30). The maximum atomic E-state index is 14.1. The number of hydrogen-bond donors (Lipinski definition) is 2. The number of thioether (sulfide) groups is 1. The number of anilines is 1. The highest BCUT2D eigenvalue weighted by atomic mass is 32.2. The predicted octanol–water partition coefficient (Wildman–Crippen LogP) is 5.37. The summed E-state index contributed by atoms with van der Waals surface area (Å²) in [5.41, 5.74) is -0.236. The minimum Gasteiger partial charge on any atom is -0.480 e. The van der Waals surface area contributed by atoms with Gasteiger partial charge in [0.15, 0.2) is 4.34 Å². The molecular weight excluding hydrogens is 468 g/mol. The van der Waals surface area contributed by atoms with Crippen molar-refractivity contribution in [1.82, 2.24) is 15.0 Å². The lowest BCUT2D eigenvalue weighted by Gasteiger charge is -2.15. The van der Waals surface area contributed by atoms with Crippen LogP contribution < -0.4 is 5.32 Å². The fraction of sp³-hybridized carbons (Fsp3) is 0.300. The van der Waals surface area contributed by atoms with Crippen LogP contribution in [0, 0.1) is 5.82 Å². The van der Waals surface area contributed by atoms with Crippen molar-refractivity contribution in [2.45, 2.75) is 35.5 Å². The van der Waals surface area contributed by atoms with Gasteiger partial charge in [0.2, 0.25) is 0 Å². The number of alkyl halides is 3. The molecule has 6 nitrogen and oxygen atoms in total. The molecule has 0 saturated heterocycles. The van der Waals surface area contributed by atoms with Crippen LogP contribution in [0.5, 0.6) is 0 Å². The second kappa shape index (κ2) is 9.41. The molecule has 3 aromatic rings. The molecule has 0 bridgehead atoms. The average molecular weight is 487 g/mol. The van der Waals surface area contributed by atoms with E-state index in [0.717, 1.165) is 17.8 Å². The zero-order valence-electron chi connectivity index (χ0n) is 16.9. The molecule has 170 valence electrons. The largest absolute Gasteiger partial charge is 0.480 e. The molecule has 0 atom stereocenters. The number of hydrogen-bond acceptors (Lipinski definition) is 7. The summed E-state index contributed by atoms with van der Waals surface area (Å²) in [7, 11) is 0. The van der Waals surface area contributed by atoms with Crippen LogP contribution in [-0.2, 0) is 17.4 Å². The summed E-state index contributed by atoms with van der Waals surface area (Å²) in [5.74, 6) is -1.53. The highest BCUT2D eigenvalue weighted by molar-refractivity contribution is 8.02. The van der Waals surface area contributed by atoms with E-state index in [0.29, 0.717) is 29.2 Å². The van der Waals surface area contributed by atoms with Crippen molar-refractivity contribution in [3.63, 3.8) is 0 Å². The molecule has 2 heterocycles. The van der Waals surface area contributed by atoms with E-state index in [4.69, 9.17) is 0 Å². The van der Waals surface area contributed by atoms with Crippen molar-refractivity contribution in [2.24, 2.45) is 0 Å². The topological polar surface area (TPSA) is 88.0 Å². The number of nitrogens with one attached hydrogen (secondary N) is 1. The van der Waals surface area contributed by atoms with E-state index < -0.39 is 28.3 Å². The highest BCUT2D eigenvalue weighted by Gasteiger charge is 2.31. The van der Waals surface area contributed by atoms with Crippen LogP contribution in [0.15, 0.2) is 40.3 Å². The van der Waals surface area contributed by atoms with Gasteiger partial charge >= 0.3 is 12.1 Å². The Morgan fingerprint density at radius 1 is 1.22 bits per heavy atom. The van der Waals surface area contributed by atoms with E-state index in [1.807, 2.05) is 5.38 Å². The number of rotatable bonds is 8. The van der Waals surface area contributed by atoms with E-state index >= 15 is 0 Å². The number of nitrogens with zero attached hydrogens (tertiary/aromatic N) is 3. The van der Waals surface area contributed by atoms with Gasteiger partial charge in [-0.3, -0.25) is 9.78 Å². The Labute approximate surface area is 189 Å². The van der Waals surface area contributed by atoms with E-state index in [2.05, 4.69) is 20.3 Å².